The van der Waals surface area contributed by atoms with E-state index in [1.807, 2.05) is 4.90 Å². The normalized spacial score (nSPS) is 18.3. The van der Waals surface area contributed by atoms with Crippen molar-refractivity contribution in [1.82, 2.24) is 4.90 Å². The summed E-state index contributed by atoms with van der Waals surface area (Å²) in [4.78, 5) is 13.5. The Morgan fingerprint density at radius 2 is 1.88 bits per heavy atom. The summed E-state index contributed by atoms with van der Waals surface area (Å²) in [7, 11) is 2.95. The molecule has 0 amide bonds. The molecule has 0 spiro atoms. The summed E-state index contributed by atoms with van der Waals surface area (Å²) in [5, 5.41) is 9.14. The maximum Gasteiger partial charge on any atom is 0.417 e. The predicted molar refractivity (Wildman–Crippen MR) is 117 cm³/mol. The first-order chi connectivity index (χ1) is 15.1. The second-order valence-corrected chi connectivity index (χ2v) is 8.80. The first-order valence-electron chi connectivity index (χ1n) is 9.81. The summed E-state index contributed by atoms with van der Waals surface area (Å²) in [5.41, 5.74) is 0.0369. The number of halogens is 5. The molecule has 1 aliphatic rings. The molecule has 1 aliphatic heterocycles. The van der Waals surface area contributed by atoms with Gasteiger partial charge in [0.2, 0.25) is 0 Å². The van der Waals surface area contributed by atoms with E-state index in [2.05, 4.69) is 15.9 Å². The number of carbonyl (C=O) groups is 1. The minimum absolute atomic E-state index is 0.199. The van der Waals surface area contributed by atoms with Gasteiger partial charge in [-0.2, -0.15) is 13.2 Å². The van der Waals surface area contributed by atoms with Crippen molar-refractivity contribution in [2.24, 2.45) is 5.92 Å². The Morgan fingerprint density at radius 1 is 1.22 bits per heavy atom. The van der Waals surface area contributed by atoms with Crippen molar-refractivity contribution in [3.8, 4) is 11.5 Å². The molecule has 0 aromatic heterocycles. The molecule has 32 heavy (non-hydrogen) atoms. The molecule has 0 bridgehead atoms. The fourth-order valence-electron chi connectivity index (χ4n) is 4.04. The van der Waals surface area contributed by atoms with Gasteiger partial charge in [-0.1, -0.05) is 33.6 Å². The first-order valence-corrected chi connectivity index (χ1v) is 11.0. The molecule has 2 aromatic rings. The second-order valence-electron chi connectivity index (χ2n) is 7.54. The molecular formula is C22H22BrClF3NO4. The number of ether oxygens (including phenoxy) is 2. The highest BCUT2D eigenvalue weighted by Gasteiger charge is 2.37. The van der Waals surface area contributed by atoms with Crippen LogP contribution in [0.25, 0.3) is 0 Å². The van der Waals surface area contributed by atoms with E-state index < -0.39 is 34.7 Å². The van der Waals surface area contributed by atoms with Gasteiger partial charge in [-0.05, 0) is 54.8 Å². The minimum atomic E-state index is -4.63. The third-order valence-corrected chi connectivity index (χ3v) is 6.59. The number of carboxylic acids is 1. The quantitative estimate of drug-likeness (QED) is 0.489. The number of piperidine rings is 1. The lowest BCUT2D eigenvalue weighted by Gasteiger charge is -2.38. The maximum atomic E-state index is 13.6. The van der Waals surface area contributed by atoms with Crippen molar-refractivity contribution in [3.63, 3.8) is 0 Å². The van der Waals surface area contributed by atoms with Crippen LogP contribution < -0.4 is 9.47 Å². The monoisotopic (exact) mass is 535 g/mol. The molecule has 0 radical (unpaired) electrons. The maximum absolute atomic E-state index is 13.6. The molecule has 2 aromatic carbocycles. The van der Waals surface area contributed by atoms with E-state index in [-0.39, 0.29) is 6.54 Å². The summed E-state index contributed by atoms with van der Waals surface area (Å²) >= 11 is 9.35. The number of rotatable bonds is 6. The number of hydrogen-bond donors (Lipinski definition) is 1. The molecule has 174 valence electrons. The molecule has 1 heterocycles. The zero-order chi connectivity index (χ0) is 23.6. The smallest absolute Gasteiger partial charge is 0.417 e. The van der Waals surface area contributed by atoms with Crippen LogP contribution in [0.15, 0.2) is 34.8 Å². The van der Waals surface area contributed by atoms with Gasteiger partial charge in [0.25, 0.3) is 0 Å². The molecule has 0 aliphatic carbocycles. The SMILES string of the molecule is COc1cc(Br)c(C(c2ccc(Cl)c(C(F)(F)F)c2)N2CCCC(C(=O)O)C2)cc1OC. The van der Waals surface area contributed by atoms with Gasteiger partial charge in [0, 0.05) is 11.0 Å². The molecule has 3 rings (SSSR count). The first kappa shape index (κ1) is 24.7. The lowest BCUT2D eigenvalue weighted by atomic mass is 9.90. The van der Waals surface area contributed by atoms with Crippen LogP contribution in [0, 0.1) is 5.92 Å². The van der Waals surface area contributed by atoms with E-state index in [1.54, 1.807) is 12.1 Å². The summed E-state index contributed by atoms with van der Waals surface area (Å²) < 4.78 is 52.1. The number of carboxylic acid groups (broad SMARTS) is 1. The molecule has 5 nitrogen and oxygen atoms in total. The summed E-state index contributed by atoms with van der Waals surface area (Å²) in [6.07, 6.45) is -3.50. The van der Waals surface area contributed by atoms with E-state index in [1.165, 1.54) is 26.4 Å². The number of aliphatic carboxylic acids is 1. The van der Waals surface area contributed by atoms with Crippen LogP contribution in [-0.2, 0) is 11.0 Å². The lowest BCUT2D eigenvalue weighted by Crippen LogP contribution is -2.41. The number of methoxy groups -OCH3 is 2. The van der Waals surface area contributed by atoms with Crippen molar-refractivity contribution in [2.45, 2.75) is 25.1 Å². The third kappa shape index (κ3) is 5.15. The largest absolute Gasteiger partial charge is 0.493 e. The van der Waals surface area contributed by atoms with Crippen LogP contribution in [0.3, 0.4) is 0 Å². The van der Waals surface area contributed by atoms with Crippen LogP contribution in [0.2, 0.25) is 5.02 Å². The molecule has 1 fully saturated rings. The van der Waals surface area contributed by atoms with Crippen LogP contribution in [0.5, 0.6) is 11.5 Å². The average molecular weight is 537 g/mol. The fraction of sp³-hybridized carbons (Fsp3) is 0.409. The zero-order valence-corrected chi connectivity index (χ0v) is 19.7. The van der Waals surface area contributed by atoms with Crippen molar-refractivity contribution < 1.29 is 32.5 Å². The van der Waals surface area contributed by atoms with E-state index in [9.17, 15) is 23.1 Å². The zero-order valence-electron chi connectivity index (χ0n) is 17.4. The highest BCUT2D eigenvalue weighted by molar-refractivity contribution is 9.10. The Morgan fingerprint density at radius 3 is 2.47 bits per heavy atom. The second kappa shape index (κ2) is 9.89. The lowest BCUT2D eigenvalue weighted by molar-refractivity contribution is -0.143. The summed E-state index contributed by atoms with van der Waals surface area (Å²) in [5.74, 6) is -0.671. The number of alkyl halides is 3. The predicted octanol–water partition coefficient (Wildman–Crippen LogP) is 6.02. The van der Waals surface area contributed by atoms with Gasteiger partial charge in [0.1, 0.15) is 0 Å². The molecule has 1 saturated heterocycles. The molecular weight excluding hydrogens is 515 g/mol. The number of nitrogens with zero attached hydrogens (tertiary/aromatic N) is 1. The highest BCUT2D eigenvalue weighted by atomic mass is 79.9. The van der Waals surface area contributed by atoms with Gasteiger partial charge < -0.3 is 14.6 Å². The van der Waals surface area contributed by atoms with E-state index in [0.717, 1.165) is 6.07 Å². The van der Waals surface area contributed by atoms with Crippen LogP contribution >= 0.6 is 27.5 Å². The van der Waals surface area contributed by atoms with Gasteiger partial charge in [-0.25, -0.2) is 0 Å². The van der Waals surface area contributed by atoms with E-state index in [0.29, 0.717) is 46.5 Å². The average Bonchev–Trinajstić information content (AvgIpc) is 2.75. The highest BCUT2D eigenvalue weighted by Crippen LogP contribution is 2.43. The van der Waals surface area contributed by atoms with Crippen molar-refractivity contribution in [1.29, 1.82) is 0 Å². The van der Waals surface area contributed by atoms with E-state index >= 15 is 0 Å². The van der Waals surface area contributed by atoms with Crippen molar-refractivity contribution in [3.05, 3.63) is 56.5 Å². The fourth-order valence-corrected chi connectivity index (χ4v) is 4.80. The van der Waals surface area contributed by atoms with Crippen LogP contribution in [0.1, 0.15) is 35.6 Å². The molecule has 2 unspecified atom stereocenters. The van der Waals surface area contributed by atoms with Crippen molar-refractivity contribution >= 4 is 33.5 Å². The minimum Gasteiger partial charge on any atom is -0.493 e. The molecule has 0 saturated carbocycles. The molecule has 2 atom stereocenters. The Hall–Kier alpha value is -1.97. The van der Waals surface area contributed by atoms with Gasteiger partial charge in [0.05, 0.1) is 36.8 Å². The molecule has 1 N–H and O–H groups in total. The standard InChI is InChI=1S/C22H22BrClF3NO4/c1-31-18-9-14(16(23)10-19(18)32-2)20(28-7-3-4-13(11-28)21(29)30)12-5-6-17(24)15(8-12)22(25,26)27/h5-6,8-10,13,20H,3-4,7,11H2,1-2H3,(H,29,30). The Labute approximate surface area is 197 Å². The van der Waals surface area contributed by atoms with Crippen LogP contribution in [-0.4, -0.2) is 43.3 Å². The number of hydrogen-bond acceptors (Lipinski definition) is 4. The van der Waals surface area contributed by atoms with Crippen molar-refractivity contribution in [2.75, 3.05) is 27.3 Å². The third-order valence-electron chi connectivity index (χ3n) is 5.58. The molecule has 10 heteroatoms. The van der Waals surface area contributed by atoms with Gasteiger partial charge in [0.15, 0.2) is 11.5 Å². The topological polar surface area (TPSA) is 59.0 Å². The van der Waals surface area contributed by atoms with Gasteiger partial charge in [-0.3, -0.25) is 9.69 Å². The Bertz CT molecular complexity index is 1000. The van der Waals surface area contributed by atoms with Gasteiger partial charge in [-0.15, -0.1) is 0 Å². The number of benzene rings is 2. The Kier molecular flexibility index (Phi) is 7.62. The number of likely N-dealkylation sites (tertiary alicyclic amines) is 1. The van der Waals surface area contributed by atoms with Gasteiger partial charge >= 0.3 is 12.1 Å². The Balaban J connectivity index is 2.19. The van der Waals surface area contributed by atoms with E-state index in [4.69, 9.17) is 21.1 Å². The summed E-state index contributed by atoms with van der Waals surface area (Å²) in [6.45, 7) is 0.726. The van der Waals surface area contributed by atoms with Crippen LogP contribution in [0.4, 0.5) is 13.2 Å². The summed E-state index contributed by atoms with van der Waals surface area (Å²) in [6, 6.07) is 6.50.